The highest BCUT2D eigenvalue weighted by molar-refractivity contribution is 5.74. The van der Waals surface area contributed by atoms with E-state index in [0.717, 1.165) is 13.0 Å². The third kappa shape index (κ3) is 2.12. The zero-order valence-electron chi connectivity index (χ0n) is 8.29. The van der Waals surface area contributed by atoms with Gasteiger partial charge in [-0.05, 0) is 19.3 Å². The Morgan fingerprint density at radius 2 is 2.38 bits per heavy atom. The van der Waals surface area contributed by atoms with Gasteiger partial charge in [-0.3, -0.25) is 0 Å². The summed E-state index contributed by atoms with van der Waals surface area (Å²) in [6.45, 7) is 5.43. The third-order valence-corrected chi connectivity index (χ3v) is 2.66. The van der Waals surface area contributed by atoms with E-state index in [1.807, 2.05) is 6.92 Å². The zero-order valence-corrected chi connectivity index (χ0v) is 8.29. The molecular weight excluding hydrogens is 168 g/mol. The maximum absolute atomic E-state index is 11.5. The highest BCUT2D eigenvalue weighted by atomic mass is 16.3. The number of aliphatic hydroxyl groups is 1. The lowest BCUT2D eigenvalue weighted by atomic mass is 10.0. The Bertz CT molecular complexity index is 184. The van der Waals surface area contributed by atoms with Crippen LogP contribution < -0.4 is 5.32 Å². The number of amides is 2. The van der Waals surface area contributed by atoms with Crippen LogP contribution in [-0.2, 0) is 0 Å². The number of hydrogen-bond donors (Lipinski definition) is 2. The summed E-state index contributed by atoms with van der Waals surface area (Å²) < 4.78 is 0. The minimum atomic E-state index is -0.0501. The van der Waals surface area contributed by atoms with Gasteiger partial charge >= 0.3 is 6.03 Å². The molecule has 1 heterocycles. The van der Waals surface area contributed by atoms with Crippen LogP contribution in [0.3, 0.4) is 0 Å². The molecule has 2 unspecified atom stereocenters. The van der Waals surface area contributed by atoms with Crippen molar-refractivity contribution >= 4 is 6.03 Å². The van der Waals surface area contributed by atoms with Crippen LogP contribution in [0.1, 0.15) is 20.3 Å². The lowest BCUT2D eigenvalue weighted by Crippen LogP contribution is -2.45. The number of aliphatic hydroxyl groups excluding tert-OH is 1. The molecule has 1 saturated heterocycles. The van der Waals surface area contributed by atoms with E-state index < -0.39 is 0 Å². The first-order chi connectivity index (χ1) is 6.20. The molecule has 2 amide bonds. The lowest BCUT2D eigenvalue weighted by molar-refractivity contribution is 0.144. The monoisotopic (exact) mass is 186 g/mol. The quantitative estimate of drug-likeness (QED) is 0.656. The fourth-order valence-corrected chi connectivity index (χ4v) is 1.79. The number of carbonyl (C=O) groups excluding carboxylic acids is 1. The SMILES string of the molecule is CCNC(=O)N1CCC(C)C1CO. The molecule has 0 aromatic carbocycles. The molecule has 1 rings (SSSR count). The topological polar surface area (TPSA) is 52.6 Å². The molecule has 0 aliphatic carbocycles. The second kappa shape index (κ2) is 4.46. The van der Waals surface area contributed by atoms with E-state index in [1.165, 1.54) is 0 Å². The number of hydrogen-bond acceptors (Lipinski definition) is 2. The average molecular weight is 186 g/mol. The van der Waals surface area contributed by atoms with Gasteiger partial charge in [-0.25, -0.2) is 4.79 Å². The largest absolute Gasteiger partial charge is 0.394 e. The van der Waals surface area contributed by atoms with Crippen LogP contribution in [0.5, 0.6) is 0 Å². The highest BCUT2D eigenvalue weighted by Gasteiger charge is 2.33. The highest BCUT2D eigenvalue weighted by Crippen LogP contribution is 2.23. The number of likely N-dealkylation sites (tertiary alicyclic amines) is 1. The van der Waals surface area contributed by atoms with Gasteiger partial charge in [0.15, 0.2) is 0 Å². The Morgan fingerprint density at radius 3 is 2.92 bits per heavy atom. The predicted octanol–water partition coefficient (Wildman–Crippen LogP) is 0.419. The van der Waals surface area contributed by atoms with Crippen molar-refractivity contribution in [2.75, 3.05) is 19.7 Å². The van der Waals surface area contributed by atoms with Gasteiger partial charge in [0.25, 0.3) is 0 Å². The summed E-state index contributed by atoms with van der Waals surface area (Å²) >= 11 is 0. The molecule has 1 aliphatic rings. The number of urea groups is 1. The second-order valence-electron chi connectivity index (χ2n) is 3.54. The molecular formula is C9H18N2O2. The Kier molecular flexibility index (Phi) is 3.54. The molecule has 4 heteroatoms. The van der Waals surface area contributed by atoms with E-state index in [2.05, 4.69) is 12.2 Å². The molecule has 0 aromatic rings. The minimum Gasteiger partial charge on any atom is -0.394 e. The molecule has 4 nitrogen and oxygen atoms in total. The minimum absolute atomic E-state index is 0.00606. The fraction of sp³-hybridized carbons (Fsp3) is 0.889. The van der Waals surface area contributed by atoms with Crippen molar-refractivity contribution in [2.24, 2.45) is 5.92 Å². The molecule has 0 bridgehead atoms. The molecule has 2 atom stereocenters. The van der Waals surface area contributed by atoms with Gasteiger partial charge in [0.2, 0.25) is 0 Å². The van der Waals surface area contributed by atoms with Gasteiger partial charge in [0, 0.05) is 13.1 Å². The van der Waals surface area contributed by atoms with Crippen LogP contribution in [0.4, 0.5) is 4.79 Å². The molecule has 0 radical (unpaired) electrons. The summed E-state index contributed by atoms with van der Waals surface area (Å²) in [5.74, 6) is 0.410. The average Bonchev–Trinajstić information content (AvgIpc) is 2.47. The van der Waals surface area contributed by atoms with Gasteiger partial charge in [0.05, 0.1) is 12.6 Å². The molecule has 0 spiro atoms. The normalized spacial score (nSPS) is 27.8. The molecule has 13 heavy (non-hydrogen) atoms. The molecule has 2 N–H and O–H groups in total. The van der Waals surface area contributed by atoms with Crippen molar-refractivity contribution in [2.45, 2.75) is 26.3 Å². The molecule has 0 aromatic heterocycles. The van der Waals surface area contributed by atoms with E-state index in [-0.39, 0.29) is 18.7 Å². The van der Waals surface area contributed by atoms with E-state index in [1.54, 1.807) is 4.90 Å². The number of nitrogens with zero attached hydrogens (tertiary/aromatic N) is 1. The van der Waals surface area contributed by atoms with Crippen molar-refractivity contribution < 1.29 is 9.90 Å². The summed E-state index contributed by atoms with van der Waals surface area (Å²) in [4.78, 5) is 13.2. The Hall–Kier alpha value is -0.770. The smallest absolute Gasteiger partial charge is 0.317 e. The van der Waals surface area contributed by atoms with Gasteiger partial charge in [0.1, 0.15) is 0 Å². The molecule has 0 saturated carbocycles. The van der Waals surface area contributed by atoms with Crippen LogP contribution in [-0.4, -0.2) is 41.8 Å². The molecule has 1 aliphatic heterocycles. The van der Waals surface area contributed by atoms with Gasteiger partial charge in [-0.15, -0.1) is 0 Å². The predicted molar refractivity (Wildman–Crippen MR) is 50.4 cm³/mol. The Labute approximate surface area is 78.9 Å². The van der Waals surface area contributed by atoms with Crippen molar-refractivity contribution in [1.82, 2.24) is 10.2 Å². The van der Waals surface area contributed by atoms with Crippen LogP contribution >= 0.6 is 0 Å². The summed E-state index contributed by atoms with van der Waals surface area (Å²) in [7, 11) is 0. The third-order valence-electron chi connectivity index (χ3n) is 2.66. The van der Waals surface area contributed by atoms with Crippen LogP contribution in [0.25, 0.3) is 0 Å². The number of carbonyl (C=O) groups is 1. The summed E-state index contributed by atoms with van der Waals surface area (Å²) in [6, 6.07) is -0.0440. The Balaban J connectivity index is 2.54. The van der Waals surface area contributed by atoms with E-state index in [4.69, 9.17) is 5.11 Å². The molecule has 76 valence electrons. The maximum Gasteiger partial charge on any atom is 0.317 e. The maximum atomic E-state index is 11.5. The van der Waals surface area contributed by atoms with Crippen molar-refractivity contribution in [3.8, 4) is 0 Å². The molecule has 1 fully saturated rings. The zero-order chi connectivity index (χ0) is 9.84. The standard InChI is InChI=1S/C9H18N2O2/c1-3-10-9(13)11-5-4-7(2)8(11)6-12/h7-8,12H,3-6H2,1-2H3,(H,10,13). The number of nitrogens with one attached hydrogen (secondary N) is 1. The van der Waals surface area contributed by atoms with Crippen LogP contribution in [0.2, 0.25) is 0 Å². The van der Waals surface area contributed by atoms with Gasteiger partial charge in [-0.2, -0.15) is 0 Å². The van der Waals surface area contributed by atoms with Crippen molar-refractivity contribution in [3.05, 3.63) is 0 Å². The van der Waals surface area contributed by atoms with Gasteiger partial charge < -0.3 is 15.3 Å². The van der Waals surface area contributed by atoms with E-state index in [0.29, 0.717) is 12.5 Å². The van der Waals surface area contributed by atoms with E-state index >= 15 is 0 Å². The van der Waals surface area contributed by atoms with Gasteiger partial charge in [-0.1, -0.05) is 6.92 Å². The van der Waals surface area contributed by atoms with Crippen molar-refractivity contribution in [3.63, 3.8) is 0 Å². The first kappa shape index (κ1) is 10.3. The van der Waals surface area contributed by atoms with Crippen LogP contribution in [0.15, 0.2) is 0 Å². The Morgan fingerprint density at radius 1 is 1.69 bits per heavy atom. The first-order valence-corrected chi connectivity index (χ1v) is 4.86. The fourth-order valence-electron chi connectivity index (χ4n) is 1.79. The van der Waals surface area contributed by atoms with E-state index in [9.17, 15) is 4.79 Å². The first-order valence-electron chi connectivity index (χ1n) is 4.86. The lowest BCUT2D eigenvalue weighted by Gasteiger charge is -2.25. The van der Waals surface area contributed by atoms with Crippen LogP contribution in [0, 0.1) is 5.92 Å². The summed E-state index contributed by atoms with van der Waals surface area (Å²) in [5.41, 5.74) is 0. The summed E-state index contributed by atoms with van der Waals surface area (Å²) in [5, 5.41) is 11.9. The second-order valence-corrected chi connectivity index (χ2v) is 3.54. The number of rotatable bonds is 2. The summed E-state index contributed by atoms with van der Waals surface area (Å²) in [6.07, 6.45) is 0.988. The van der Waals surface area contributed by atoms with Crippen molar-refractivity contribution in [1.29, 1.82) is 0 Å².